The van der Waals surface area contributed by atoms with E-state index >= 15 is 0 Å². The number of amides is 2. The lowest BCUT2D eigenvalue weighted by atomic mass is 10.2. The molecule has 0 aliphatic heterocycles. The number of hydrogen-bond acceptors (Lipinski definition) is 2. The Morgan fingerprint density at radius 1 is 1.40 bits per heavy atom. The Morgan fingerprint density at radius 2 is 1.93 bits per heavy atom. The van der Waals surface area contributed by atoms with E-state index in [9.17, 15) is 9.59 Å². The first-order valence-corrected chi connectivity index (χ1v) is 5.18. The first-order chi connectivity index (χ1) is 6.90. The predicted octanol–water partition coefficient (Wildman–Crippen LogP) is 2.06. The fourth-order valence-corrected chi connectivity index (χ4v) is 1.16. The van der Waals surface area contributed by atoms with Crippen LogP contribution in [0.15, 0.2) is 0 Å². The van der Waals surface area contributed by atoms with Crippen LogP contribution in [0.5, 0.6) is 0 Å². The molecule has 0 spiro atoms. The van der Waals surface area contributed by atoms with Crippen molar-refractivity contribution >= 4 is 23.1 Å². The molecule has 0 saturated carbocycles. The number of carbonyl (C=O) groups excluding carboxylic acids is 1. The van der Waals surface area contributed by atoms with Crippen molar-refractivity contribution in [3.63, 3.8) is 0 Å². The molecule has 0 rings (SSSR count). The van der Waals surface area contributed by atoms with E-state index < -0.39 is 11.5 Å². The molecule has 6 heteroatoms. The fraction of sp³-hybridized carbons (Fsp3) is 0.778. The van der Waals surface area contributed by atoms with Crippen LogP contribution >= 0.6 is 11.6 Å². The average Bonchev–Trinajstić information content (AvgIpc) is 2.16. The second-order valence-corrected chi connectivity index (χ2v) is 3.73. The highest BCUT2D eigenvalue weighted by Crippen LogP contribution is 2.04. The van der Waals surface area contributed by atoms with Crippen molar-refractivity contribution in [2.75, 3.05) is 20.1 Å². The summed E-state index contributed by atoms with van der Waals surface area (Å²) in [6.45, 7) is 4.33. The van der Waals surface area contributed by atoms with Crippen molar-refractivity contribution in [2.45, 2.75) is 26.3 Å². The Kier molecular flexibility index (Phi) is 6.08. The van der Waals surface area contributed by atoms with E-state index in [0.717, 1.165) is 6.42 Å². The molecule has 0 aliphatic rings. The topological polar surface area (TPSA) is 60.9 Å². The number of hydrogen-bond donors (Lipinski definition) is 1. The lowest BCUT2D eigenvalue weighted by molar-refractivity contribution is 0.122. The molecule has 0 aromatic carbocycles. The van der Waals surface area contributed by atoms with Gasteiger partial charge in [-0.05, 0) is 24.9 Å². The van der Waals surface area contributed by atoms with Gasteiger partial charge in [0.25, 0.3) is 0 Å². The minimum Gasteiger partial charge on any atom is -0.465 e. The molecule has 0 saturated heterocycles. The Balaban J connectivity index is 4.19. The average molecular weight is 237 g/mol. The third-order valence-corrected chi connectivity index (χ3v) is 2.63. The van der Waals surface area contributed by atoms with Crippen molar-refractivity contribution in [2.24, 2.45) is 0 Å². The molecule has 1 N–H and O–H groups in total. The number of halogens is 1. The molecule has 0 bridgehead atoms. The zero-order valence-electron chi connectivity index (χ0n) is 9.23. The number of rotatable bonds is 5. The van der Waals surface area contributed by atoms with E-state index in [0.29, 0.717) is 6.54 Å². The highest BCUT2D eigenvalue weighted by molar-refractivity contribution is 6.62. The molecule has 88 valence electrons. The molecular weight excluding hydrogens is 220 g/mol. The summed E-state index contributed by atoms with van der Waals surface area (Å²) in [5.41, 5.74) is 0. The highest BCUT2D eigenvalue weighted by Gasteiger charge is 2.18. The molecule has 1 unspecified atom stereocenters. The van der Waals surface area contributed by atoms with Crippen LogP contribution in [0, 0.1) is 0 Å². The third kappa shape index (κ3) is 4.88. The van der Waals surface area contributed by atoms with Crippen LogP contribution < -0.4 is 0 Å². The van der Waals surface area contributed by atoms with Gasteiger partial charge in [-0.25, -0.2) is 4.79 Å². The van der Waals surface area contributed by atoms with Gasteiger partial charge < -0.3 is 14.9 Å². The molecule has 0 aromatic rings. The molecule has 15 heavy (non-hydrogen) atoms. The number of carboxylic acid groups (broad SMARTS) is 1. The molecule has 0 aliphatic carbocycles. The zero-order valence-corrected chi connectivity index (χ0v) is 9.99. The largest absolute Gasteiger partial charge is 0.465 e. The van der Waals surface area contributed by atoms with Crippen molar-refractivity contribution in [3.8, 4) is 0 Å². The minimum absolute atomic E-state index is 0.0543. The van der Waals surface area contributed by atoms with Crippen molar-refractivity contribution < 1.29 is 14.7 Å². The maximum Gasteiger partial charge on any atom is 0.407 e. The molecule has 5 nitrogen and oxygen atoms in total. The maximum atomic E-state index is 10.9. The lowest BCUT2D eigenvalue weighted by Gasteiger charge is -2.27. The Hall–Kier alpha value is -0.970. The van der Waals surface area contributed by atoms with E-state index in [2.05, 4.69) is 0 Å². The van der Waals surface area contributed by atoms with Crippen LogP contribution in [0.3, 0.4) is 0 Å². The summed E-state index contributed by atoms with van der Waals surface area (Å²) in [7, 11) is 1.53. The first-order valence-electron chi connectivity index (χ1n) is 4.80. The minimum atomic E-state index is -0.972. The number of carbonyl (C=O) groups is 2. The van der Waals surface area contributed by atoms with E-state index in [-0.39, 0.29) is 12.6 Å². The fourth-order valence-electron chi connectivity index (χ4n) is 1.07. The standard InChI is InChI=1S/C9H17ClN2O3/c1-4-7(2)12(9(14)15)6-5-11(3)8(10)13/h7H,4-6H2,1-3H3,(H,14,15). The molecule has 0 aromatic heterocycles. The van der Waals surface area contributed by atoms with Crippen LogP contribution in [0.1, 0.15) is 20.3 Å². The maximum absolute atomic E-state index is 10.9. The zero-order chi connectivity index (χ0) is 12.0. The molecular formula is C9H17ClN2O3. The Morgan fingerprint density at radius 3 is 2.27 bits per heavy atom. The molecule has 0 radical (unpaired) electrons. The summed E-state index contributed by atoms with van der Waals surface area (Å²) in [6.07, 6.45) is -0.232. The molecule has 0 fully saturated rings. The smallest absolute Gasteiger partial charge is 0.407 e. The normalized spacial score (nSPS) is 12.0. The number of likely N-dealkylation sites (N-methyl/N-ethyl adjacent to an activating group) is 1. The lowest BCUT2D eigenvalue weighted by Crippen LogP contribution is -2.42. The summed E-state index contributed by atoms with van der Waals surface area (Å²) < 4.78 is 0. The Labute approximate surface area is 94.6 Å². The van der Waals surface area contributed by atoms with Crippen LogP contribution in [-0.4, -0.2) is 52.5 Å². The highest BCUT2D eigenvalue weighted by atomic mass is 35.5. The molecule has 2 amide bonds. The summed E-state index contributed by atoms with van der Waals surface area (Å²) in [6, 6.07) is -0.0543. The van der Waals surface area contributed by atoms with Gasteiger partial charge in [-0.1, -0.05) is 6.92 Å². The van der Waals surface area contributed by atoms with E-state index in [1.54, 1.807) is 0 Å². The van der Waals surface area contributed by atoms with Gasteiger partial charge in [0.05, 0.1) is 0 Å². The van der Waals surface area contributed by atoms with Gasteiger partial charge in [0.1, 0.15) is 0 Å². The monoisotopic (exact) mass is 236 g/mol. The molecule has 0 heterocycles. The molecule has 1 atom stereocenters. The van der Waals surface area contributed by atoms with Crippen molar-refractivity contribution in [3.05, 3.63) is 0 Å². The summed E-state index contributed by atoms with van der Waals surface area (Å²) in [5.74, 6) is 0. The quantitative estimate of drug-likeness (QED) is 0.587. The second-order valence-electron chi connectivity index (χ2n) is 3.41. The van der Waals surface area contributed by atoms with Crippen LogP contribution in [0.4, 0.5) is 9.59 Å². The van der Waals surface area contributed by atoms with E-state index in [4.69, 9.17) is 16.7 Å². The van der Waals surface area contributed by atoms with Crippen molar-refractivity contribution in [1.29, 1.82) is 0 Å². The van der Waals surface area contributed by atoms with Gasteiger partial charge in [0.2, 0.25) is 0 Å². The second kappa shape index (κ2) is 6.50. The van der Waals surface area contributed by atoms with Crippen LogP contribution in [-0.2, 0) is 0 Å². The Bertz CT molecular complexity index is 235. The van der Waals surface area contributed by atoms with E-state index in [1.165, 1.54) is 16.8 Å². The summed E-state index contributed by atoms with van der Waals surface area (Å²) in [5, 5.41) is 8.34. The third-order valence-electron chi connectivity index (χ3n) is 2.35. The van der Waals surface area contributed by atoms with Gasteiger partial charge in [-0.3, -0.25) is 4.79 Å². The predicted molar refractivity (Wildman–Crippen MR) is 58.4 cm³/mol. The summed E-state index contributed by atoms with van der Waals surface area (Å²) >= 11 is 5.23. The van der Waals surface area contributed by atoms with Crippen molar-refractivity contribution in [1.82, 2.24) is 9.80 Å². The van der Waals surface area contributed by atoms with Gasteiger partial charge in [0.15, 0.2) is 0 Å². The van der Waals surface area contributed by atoms with E-state index in [1.807, 2.05) is 13.8 Å². The SMILES string of the molecule is CCC(C)N(CCN(C)C(=O)Cl)C(=O)O. The van der Waals surface area contributed by atoms with Gasteiger partial charge >= 0.3 is 11.5 Å². The van der Waals surface area contributed by atoms with Gasteiger partial charge in [-0.2, -0.15) is 0 Å². The van der Waals surface area contributed by atoms with Gasteiger partial charge in [-0.15, -0.1) is 0 Å². The van der Waals surface area contributed by atoms with Gasteiger partial charge in [0, 0.05) is 26.2 Å². The summed E-state index contributed by atoms with van der Waals surface area (Å²) in [4.78, 5) is 24.1. The van der Waals surface area contributed by atoms with Crippen LogP contribution in [0.25, 0.3) is 0 Å². The number of nitrogens with zero attached hydrogens (tertiary/aromatic N) is 2. The van der Waals surface area contributed by atoms with Crippen LogP contribution in [0.2, 0.25) is 0 Å². The first kappa shape index (κ1) is 14.0.